The molecule has 8 nitrogen and oxygen atoms in total. The fourth-order valence-corrected chi connectivity index (χ4v) is 2.16. The molecule has 26 heavy (non-hydrogen) atoms. The highest BCUT2D eigenvalue weighted by Gasteiger charge is 2.25. The number of benzene rings is 1. The Hall–Kier alpha value is -2.74. The van der Waals surface area contributed by atoms with Gasteiger partial charge in [0, 0.05) is 13.2 Å². The molecule has 0 spiro atoms. The second kappa shape index (κ2) is 11.8. The molecule has 0 radical (unpaired) electrons. The Labute approximate surface area is 151 Å². The molecular formula is C18H24N2O6. The highest BCUT2D eigenvalue weighted by molar-refractivity contribution is 6.21. The van der Waals surface area contributed by atoms with Crippen LogP contribution in [0.4, 0.5) is 0 Å². The van der Waals surface area contributed by atoms with Crippen molar-refractivity contribution in [1.29, 1.82) is 0 Å². The number of fused-ring (bicyclic) bond motifs is 1. The fourth-order valence-electron chi connectivity index (χ4n) is 2.16. The summed E-state index contributed by atoms with van der Waals surface area (Å²) in [6.45, 7) is 2.71. The summed E-state index contributed by atoms with van der Waals surface area (Å²) in [5, 5.41) is 13.3. The maximum absolute atomic E-state index is 11.1. The number of imide groups is 1. The predicted molar refractivity (Wildman–Crippen MR) is 93.4 cm³/mol. The zero-order valence-corrected chi connectivity index (χ0v) is 14.7. The van der Waals surface area contributed by atoms with E-state index in [2.05, 4.69) is 15.4 Å². The lowest BCUT2D eigenvalue weighted by molar-refractivity contribution is -0.145. The number of carbonyl (C=O) groups is 4. The van der Waals surface area contributed by atoms with Gasteiger partial charge in [-0.1, -0.05) is 12.1 Å². The number of aliphatic hydroxyl groups is 1. The summed E-state index contributed by atoms with van der Waals surface area (Å²) in [7, 11) is 0. The van der Waals surface area contributed by atoms with Crippen molar-refractivity contribution in [2.24, 2.45) is 0 Å². The zero-order valence-electron chi connectivity index (χ0n) is 14.7. The van der Waals surface area contributed by atoms with Gasteiger partial charge in [0.1, 0.15) is 6.42 Å². The molecule has 0 aromatic heterocycles. The van der Waals surface area contributed by atoms with E-state index in [9.17, 15) is 19.2 Å². The van der Waals surface area contributed by atoms with E-state index in [1.807, 2.05) is 0 Å². The molecule has 0 saturated heterocycles. The van der Waals surface area contributed by atoms with Crippen molar-refractivity contribution in [3.8, 4) is 0 Å². The summed E-state index contributed by atoms with van der Waals surface area (Å²) in [5.74, 6) is -1.40. The average Bonchev–Trinajstić information content (AvgIpc) is 2.90. The summed E-state index contributed by atoms with van der Waals surface area (Å²) < 4.78 is 4.62. The first-order valence-electron chi connectivity index (χ1n) is 8.47. The predicted octanol–water partition coefficient (Wildman–Crippen LogP) is 0.789. The quantitative estimate of drug-likeness (QED) is 0.271. The fraction of sp³-hybridized carbons (Fsp3) is 0.444. The van der Waals surface area contributed by atoms with E-state index in [0.29, 0.717) is 24.3 Å². The Bertz CT molecular complexity index is 611. The zero-order chi connectivity index (χ0) is 19.4. The minimum Gasteiger partial charge on any atom is -0.466 e. The van der Waals surface area contributed by atoms with Gasteiger partial charge in [0.25, 0.3) is 11.8 Å². The number of carbonyl (C=O) groups excluding carboxylic acids is 4. The lowest BCUT2D eigenvalue weighted by Crippen LogP contribution is -2.27. The van der Waals surface area contributed by atoms with Crippen LogP contribution in [0.1, 0.15) is 53.3 Å². The molecule has 8 heteroatoms. The smallest absolute Gasteiger partial charge is 0.315 e. The van der Waals surface area contributed by atoms with E-state index >= 15 is 0 Å². The Morgan fingerprint density at radius 1 is 1.08 bits per heavy atom. The van der Waals surface area contributed by atoms with Gasteiger partial charge in [0.05, 0.1) is 17.7 Å². The molecule has 1 heterocycles. The van der Waals surface area contributed by atoms with E-state index in [0.717, 1.165) is 19.3 Å². The number of esters is 1. The van der Waals surface area contributed by atoms with Gasteiger partial charge in [-0.25, -0.2) is 0 Å². The van der Waals surface area contributed by atoms with E-state index in [-0.39, 0.29) is 30.7 Å². The highest BCUT2D eigenvalue weighted by atomic mass is 16.5. The standard InChI is InChI=1S/C10H19NO4.C8H5NO2/c1-2-15-10(14)8-9(13)11-6-4-3-5-7-12;10-7-5-3-1-2-4-6(5)8(11)9-7/h12H,2-8H2,1H3,(H,11,13);1-4H,(H,9,10,11). The van der Waals surface area contributed by atoms with Gasteiger partial charge >= 0.3 is 5.97 Å². The summed E-state index contributed by atoms with van der Waals surface area (Å²) in [5.41, 5.74) is 0.940. The van der Waals surface area contributed by atoms with E-state index in [1.54, 1.807) is 31.2 Å². The maximum Gasteiger partial charge on any atom is 0.315 e. The van der Waals surface area contributed by atoms with Crippen LogP contribution in [0.2, 0.25) is 0 Å². The molecule has 142 valence electrons. The molecule has 3 N–H and O–H groups in total. The Morgan fingerprint density at radius 2 is 1.69 bits per heavy atom. The van der Waals surface area contributed by atoms with Crippen LogP contribution in [0.3, 0.4) is 0 Å². The minimum absolute atomic E-state index is 0.177. The lowest BCUT2D eigenvalue weighted by Gasteiger charge is -2.04. The second-order valence-corrected chi connectivity index (χ2v) is 5.44. The molecule has 1 aromatic rings. The van der Waals surface area contributed by atoms with Crippen LogP contribution in [0.5, 0.6) is 0 Å². The molecule has 0 unspecified atom stereocenters. The van der Waals surface area contributed by atoms with Gasteiger partial charge < -0.3 is 15.2 Å². The molecule has 0 aliphatic carbocycles. The van der Waals surface area contributed by atoms with Crippen molar-refractivity contribution in [2.45, 2.75) is 32.6 Å². The van der Waals surface area contributed by atoms with E-state index < -0.39 is 5.97 Å². The minimum atomic E-state index is -0.495. The third kappa shape index (κ3) is 7.43. The second-order valence-electron chi connectivity index (χ2n) is 5.44. The molecule has 1 aromatic carbocycles. The SMILES string of the molecule is CCOC(=O)CC(=O)NCCCCCO.O=C1NC(=O)c2ccccc21. The van der Waals surface area contributed by atoms with Gasteiger partial charge in [-0.05, 0) is 38.3 Å². The first-order valence-corrected chi connectivity index (χ1v) is 8.47. The molecule has 1 aliphatic rings. The number of hydrogen-bond donors (Lipinski definition) is 3. The van der Waals surface area contributed by atoms with Crippen molar-refractivity contribution >= 4 is 23.7 Å². The largest absolute Gasteiger partial charge is 0.466 e. The van der Waals surface area contributed by atoms with Gasteiger partial charge in [-0.2, -0.15) is 0 Å². The monoisotopic (exact) mass is 364 g/mol. The third-order valence-electron chi connectivity index (χ3n) is 3.41. The lowest BCUT2D eigenvalue weighted by atomic mass is 10.1. The van der Waals surface area contributed by atoms with E-state index in [1.165, 1.54) is 0 Å². The van der Waals surface area contributed by atoms with Crippen molar-refractivity contribution in [1.82, 2.24) is 10.6 Å². The van der Waals surface area contributed by atoms with Gasteiger partial charge in [0.15, 0.2) is 0 Å². The van der Waals surface area contributed by atoms with Gasteiger partial charge in [-0.3, -0.25) is 24.5 Å². The van der Waals surface area contributed by atoms with Crippen LogP contribution in [0, 0.1) is 0 Å². The van der Waals surface area contributed by atoms with Crippen LogP contribution >= 0.6 is 0 Å². The number of hydrogen-bond acceptors (Lipinski definition) is 6. The summed E-state index contributed by atoms with van der Waals surface area (Å²) in [4.78, 5) is 43.9. The molecule has 1 aliphatic heterocycles. The molecule has 0 atom stereocenters. The summed E-state index contributed by atoms with van der Waals surface area (Å²) >= 11 is 0. The van der Waals surface area contributed by atoms with Crippen LogP contribution < -0.4 is 10.6 Å². The number of nitrogens with one attached hydrogen (secondary N) is 2. The van der Waals surface area contributed by atoms with Crippen LogP contribution in [0.15, 0.2) is 24.3 Å². The number of rotatable bonds is 8. The Kier molecular flexibility index (Phi) is 9.63. The summed E-state index contributed by atoms with van der Waals surface area (Å²) in [6, 6.07) is 6.74. The molecular weight excluding hydrogens is 340 g/mol. The molecule has 0 fully saturated rings. The van der Waals surface area contributed by atoms with Crippen molar-refractivity contribution in [3.05, 3.63) is 35.4 Å². The number of amides is 3. The summed E-state index contributed by atoms with van der Waals surface area (Å²) in [6.07, 6.45) is 2.22. The normalized spacial score (nSPS) is 11.8. The van der Waals surface area contributed by atoms with Crippen LogP contribution in [0.25, 0.3) is 0 Å². The van der Waals surface area contributed by atoms with Crippen LogP contribution in [-0.4, -0.2) is 48.6 Å². The average molecular weight is 364 g/mol. The number of ether oxygens (including phenoxy) is 1. The number of unbranched alkanes of at least 4 members (excludes halogenated alkanes) is 2. The molecule has 3 amide bonds. The molecule has 2 rings (SSSR count). The first kappa shape index (κ1) is 21.3. The Balaban J connectivity index is 0.000000269. The van der Waals surface area contributed by atoms with Gasteiger partial charge in [-0.15, -0.1) is 0 Å². The molecule has 0 bridgehead atoms. The topological polar surface area (TPSA) is 122 Å². The number of aliphatic hydroxyl groups excluding tert-OH is 1. The third-order valence-corrected chi connectivity index (χ3v) is 3.41. The van der Waals surface area contributed by atoms with Crippen molar-refractivity contribution < 1.29 is 29.0 Å². The highest BCUT2D eigenvalue weighted by Crippen LogP contribution is 2.13. The molecule has 0 saturated carbocycles. The first-order chi connectivity index (χ1) is 12.5. The van der Waals surface area contributed by atoms with Crippen molar-refractivity contribution in [3.63, 3.8) is 0 Å². The van der Waals surface area contributed by atoms with Gasteiger partial charge in [0.2, 0.25) is 5.91 Å². The van der Waals surface area contributed by atoms with E-state index in [4.69, 9.17) is 5.11 Å². The maximum atomic E-state index is 11.1. The Morgan fingerprint density at radius 3 is 2.23 bits per heavy atom. The van der Waals surface area contributed by atoms with Crippen LogP contribution in [-0.2, 0) is 14.3 Å². The van der Waals surface area contributed by atoms with Crippen molar-refractivity contribution in [2.75, 3.05) is 19.8 Å².